The molecule has 1 aliphatic carbocycles. The molecule has 114 valence electrons. The van der Waals surface area contributed by atoms with E-state index in [0.29, 0.717) is 31.7 Å². The summed E-state index contributed by atoms with van der Waals surface area (Å²) in [5, 5.41) is 10.1. The Morgan fingerprint density at radius 1 is 1.35 bits per heavy atom. The summed E-state index contributed by atoms with van der Waals surface area (Å²) in [7, 11) is 0. The number of aliphatic hydroxyl groups is 1. The Labute approximate surface area is 121 Å². The summed E-state index contributed by atoms with van der Waals surface area (Å²) >= 11 is 0. The van der Waals surface area contributed by atoms with Crippen LogP contribution in [0.15, 0.2) is 16.5 Å². The van der Waals surface area contributed by atoms with E-state index in [2.05, 4.69) is 18.7 Å². The molecule has 1 aromatic rings. The molecule has 1 saturated carbocycles. The average molecular weight is 281 g/mol. The fraction of sp³-hybridized carbons (Fsp3) is 0.750. The predicted molar refractivity (Wildman–Crippen MR) is 78.5 cm³/mol. The molecule has 0 aromatic carbocycles. The van der Waals surface area contributed by atoms with E-state index in [-0.39, 0.29) is 0 Å². The minimum Gasteiger partial charge on any atom is -0.465 e. The van der Waals surface area contributed by atoms with Crippen LogP contribution in [0.2, 0.25) is 0 Å². The Morgan fingerprint density at radius 2 is 2.10 bits per heavy atom. The van der Waals surface area contributed by atoms with Crippen LogP contribution in [0.3, 0.4) is 0 Å². The molecule has 1 fully saturated rings. The number of ether oxygens (including phenoxy) is 1. The zero-order chi connectivity index (χ0) is 14.5. The third-order valence-corrected chi connectivity index (χ3v) is 3.42. The maximum absolute atomic E-state index is 10.1. The van der Waals surface area contributed by atoms with Crippen molar-refractivity contribution in [3.05, 3.63) is 23.7 Å². The lowest BCUT2D eigenvalue weighted by Gasteiger charge is -2.24. The lowest BCUT2D eigenvalue weighted by molar-refractivity contribution is 0.00450. The van der Waals surface area contributed by atoms with E-state index in [9.17, 15) is 5.11 Å². The first-order valence-corrected chi connectivity index (χ1v) is 7.59. The number of aryl methyl sites for hydroxylation is 1. The molecule has 0 aliphatic heterocycles. The zero-order valence-corrected chi connectivity index (χ0v) is 12.8. The molecule has 0 radical (unpaired) electrons. The van der Waals surface area contributed by atoms with Gasteiger partial charge in [-0.2, -0.15) is 0 Å². The Bertz CT molecular complexity index is 398. The lowest BCUT2D eigenvalue weighted by atomic mass is 10.2. The third kappa shape index (κ3) is 5.27. The van der Waals surface area contributed by atoms with Gasteiger partial charge in [0.2, 0.25) is 0 Å². The van der Waals surface area contributed by atoms with Gasteiger partial charge < -0.3 is 14.3 Å². The van der Waals surface area contributed by atoms with Gasteiger partial charge in [0.15, 0.2) is 0 Å². The summed E-state index contributed by atoms with van der Waals surface area (Å²) in [6, 6.07) is 4.61. The fourth-order valence-corrected chi connectivity index (χ4v) is 2.32. The van der Waals surface area contributed by atoms with Crippen LogP contribution in [0.25, 0.3) is 0 Å². The molecule has 0 bridgehead atoms. The lowest BCUT2D eigenvalue weighted by Crippen LogP contribution is -2.36. The van der Waals surface area contributed by atoms with E-state index in [1.165, 1.54) is 12.8 Å². The summed E-state index contributed by atoms with van der Waals surface area (Å²) in [6.07, 6.45) is 2.02. The second-order valence-electron chi connectivity index (χ2n) is 6.26. The molecule has 0 amide bonds. The third-order valence-electron chi connectivity index (χ3n) is 3.42. The van der Waals surface area contributed by atoms with Crippen LogP contribution in [0, 0.1) is 12.8 Å². The van der Waals surface area contributed by atoms with Crippen molar-refractivity contribution in [1.82, 2.24) is 4.90 Å². The van der Waals surface area contributed by atoms with Crippen LogP contribution < -0.4 is 0 Å². The largest absolute Gasteiger partial charge is 0.465 e. The first kappa shape index (κ1) is 15.5. The highest BCUT2D eigenvalue weighted by Crippen LogP contribution is 2.28. The second-order valence-corrected chi connectivity index (χ2v) is 6.26. The molecule has 0 saturated heterocycles. The Hall–Kier alpha value is -0.840. The summed E-state index contributed by atoms with van der Waals surface area (Å²) < 4.78 is 11.1. The first-order chi connectivity index (χ1) is 9.54. The number of aliphatic hydroxyl groups excluding tert-OH is 1. The summed E-state index contributed by atoms with van der Waals surface area (Å²) in [5.74, 6) is 2.43. The summed E-state index contributed by atoms with van der Waals surface area (Å²) in [6.45, 7) is 8.74. The van der Waals surface area contributed by atoms with Crippen molar-refractivity contribution in [3.63, 3.8) is 0 Å². The standard InChI is InChI=1S/C16H27NO3/c1-12(2)10-19-11-15(18)8-17(14-5-6-14)9-16-7-4-13(3)20-16/h4,7,12,14-15,18H,5-6,8-11H2,1-3H3. The van der Waals surface area contributed by atoms with Crippen molar-refractivity contribution in [2.75, 3.05) is 19.8 Å². The maximum Gasteiger partial charge on any atom is 0.118 e. The van der Waals surface area contributed by atoms with E-state index in [4.69, 9.17) is 9.15 Å². The van der Waals surface area contributed by atoms with Crippen LogP contribution in [0.4, 0.5) is 0 Å². The van der Waals surface area contributed by atoms with Gasteiger partial charge in [-0.05, 0) is 37.8 Å². The topological polar surface area (TPSA) is 45.8 Å². The monoisotopic (exact) mass is 281 g/mol. The van der Waals surface area contributed by atoms with Crippen molar-refractivity contribution < 1.29 is 14.3 Å². The van der Waals surface area contributed by atoms with Gasteiger partial charge in [0, 0.05) is 19.2 Å². The van der Waals surface area contributed by atoms with Crippen LogP contribution in [-0.2, 0) is 11.3 Å². The number of rotatable bonds is 9. The molecular formula is C16H27NO3. The second kappa shape index (κ2) is 7.25. The minimum absolute atomic E-state index is 0.415. The van der Waals surface area contributed by atoms with Crippen LogP contribution in [0.1, 0.15) is 38.2 Å². The molecule has 20 heavy (non-hydrogen) atoms. The molecule has 4 nitrogen and oxygen atoms in total. The van der Waals surface area contributed by atoms with E-state index >= 15 is 0 Å². The highest BCUT2D eigenvalue weighted by molar-refractivity contribution is 5.06. The number of furan rings is 1. The number of hydrogen-bond acceptors (Lipinski definition) is 4. The van der Waals surface area contributed by atoms with Gasteiger partial charge in [-0.1, -0.05) is 13.8 Å². The molecule has 1 atom stereocenters. The zero-order valence-electron chi connectivity index (χ0n) is 12.8. The fourth-order valence-electron chi connectivity index (χ4n) is 2.32. The molecule has 4 heteroatoms. The van der Waals surface area contributed by atoms with Gasteiger partial charge in [0.25, 0.3) is 0 Å². The van der Waals surface area contributed by atoms with Gasteiger partial charge in [-0.15, -0.1) is 0 Å². The Kier molecular flexibility index (Phi) is 5.64. The number of nitrogens with zero attached hydrogens (tertiary/aromatic N) is 1. The van der Waals surface area contributed by atoms with Crippen molar-refractivity contribution >= 4 is 0 Å². The molecule has 1 aromatic heterocycles. The van der Waals surface area contributed by atoms with Crippen LogP contribution in [-0.4, -0.2) is 41.9 Å². The SMILES string of the molecule is Cc1ccc(CN(CC(O)COCC(C)C)C2CC2)o1. The van der Waals surface area contributed by atoms with Crippen LogP contribution in [0.5, 0.6) is 0 Å². The summed E-state index contributed by atoms with van der Waals surface area (Å²) in [5.41, 5.74) is 0. The van der Waals surface area contributed by atoms with Gasteiger partial charge in [0.1, 0.15) is 11.5 Å². The highest BCUT2D eigenvalue weighted by atomic mass is 16.5. The molecular weight excluding hydrogens is 254 g/mol. The van der Waals surface area contributed by atoms with Crippen LogP contribution >= 0.6 is 0 Å². The Morgan fingerprint density at radius 3 is 2.65 bits per heavy atom. The van der Waals surface area contributed by atoms with E-state index in [1.54, 1.807) is 0 Å². The van der Waals surface area contributed by atoms with Crippen molar-refractivity contribution in [1.29, 1.82) is 0 Å². The molecule has 1 unspecified atom stereocenters. The normalized spacial score (nSPS) is 17.1. The molecule has 1 aliphatic rings. The van der Waals surface area contributed by atoms with E-state index in [0.717, 1.165) is 18.1 Å². The van der Waals surface area contributed by atoms with Gasteiger partial charge >= 0.3 is 0 Å². The van der Waals surface area contributed by atoms with Crippen molar-refractivity contribution in [3.8, 4) is 0 Å². The minimum atomic E-state index is -0.426. The predicted octanol–water partition coefficient (Wildman–Crippen LogP) is 2.59. The van der Waals surface area contributed by atoms with E-state index < -0.39 is 6.10 Å². The van der Waals surface area contributed by atoms with Gasteiger partial charge in [-0.25, -0.2) is 0 Å². The summed E-state index contributed by atoms with van der Waals surface area (Å²) in [4.78, 5) is 2.31. The Balaban J connectivity index is 1.77. The van der Waals surface area contributed by atoms with Gasteiger partial charge in [0.05, 0.1) is 19.3 Å². The van der Waals surface area contributed by atoms with E-state index in [1.807, 2.05) is 19.1 Å². The van der Waals surface area contributed by atoms with Gasteiger partial charge in [-0.3, -0.25) is 4.90 Å². The maximum atomic E-state index is 10.1. The quantitative estimate of drug-likeness (QED) is 0.755. The molecule has 0 spiro atoms. The average Bonchev–Trinajstić information content (AvgIpc) is 3.13. The molecule has 1 N–H and O–H groups in total. The highest BCUT2D eigenvalue weighted by Gasteiger charge is 2.30. The number of hydrogen-bond donors (Lipinski definition) is 1. The molecule has 1 heterocycles. The first-order valence-electron chi connectivity index (χ1n) is 7.59. The van der Waals surface area contributed by atoms with Crippen molar-refractivity contribution in [2.45, 2.75) is 52.3 Å². The smallest absolute Gasteiger partial charge is 0.118 e. The van der Waals surface area contributed by atoms with Crippen molar-refractivity contribution in [2.24, 2.45) is 5.92 Å². The molecule has 2 rings (SSSR count).